The van der Waals surface area contributed by atoms with Crippen molar-refractivity contribution in [2.45, 2.75) is 44.8 Å². The summed E-state index contributed by atoms with van der Waals surface area (Å²) in [4.78, 5) is 0. The average Bonchev–Trinajstić information content (AvgIpc) is 2.25. The molecule has 0 aromatic carbocycles. The lowest BCUT2D eigenvalue weighted by Gasteiger charge is -2.36. The molecule has 1 fully saturated rings. The SMILES string of the molecule is C#CC(NCC)C1CCCCC1C(F)(F)F. The predicted octanol–water partition coefficient (Wildman–Crippen LogP) is 2.97. The standard InChI is InChI=1S/C12H18F3N/c1-3-11(16-4-2)9-7-5-6-8-10(9)12(13,14)15/h1,9-11,16H,4-8H2,2H3. The van der Waals surface area contributed by atoms with Crippen molar-refractivity contribution in [3.05, 3.63) is 0 Å². The summed E-state index contributed by atoms with van der Waals surface area (Å²) in [6.07, 6.45) is 3.50. The van der Waals surface area contributed by atoms with E-state index < -0.39 is 24.1 Å². The van der Waals surface area contributed by atoms with E-state index in [0.29, 0.717) is 19.4 Å². The third-order valence-corrected chi connectivity index (χ3v) is 3.27. The van der Waals surface area contributed by atoms with Gasteiger partial charge in [0.1, 0.15) is 0 Å². The van der Waals surface area contributed by atoms with Gasteiger partial charge in [-0.3, -0.25) is 0 Å². The van der Waals surface area contributed by atoms with Crippen LogP contribution in [0.4, 0.5) is 13.2 Å². The van der Waals surface area contributed by atoms with Gasteiger partial charge in [-0.15, -0.1) is 6.42 Å². The first-order valence-electron chi connectivity index (χ1n) is 5.77. The molecule has 0 saturated heterocycles. The Bertz CT molecular complexity index is 254. The van der Waals surface area contributed by atoms with E-state index in [0.717, 1.165) is 6.42 Å². The fraction of sp³-hybridized carbons (Fsp3) is 0.833. The maximum absolute atomic E-state index is 12.8. The molecule has 16 heavy (non-hydrogen) atoms. The Balaban J connectivity index is 2.77. The average molecular weight is 233 g/mol. The quantitative estimate of drug-likeness (QED) is 0.739. The van der Waals surface area contributed by atoms with Gasteiger partial charge in [0.2, 0.25) is 0 Å². The molecular weight excluding hydrogens is 215 g/mol. The smallest absolute Gasteiger partial charge is 0.304 e. The number of terminal acetylenes is 1. The second-order valence-electron chi connectivity index (χ2n) is 4.30. The molecule has 1 aliphatic carbocycles. The van der Waals surface area contributed by atoms with Crippen LogP contribution < -0.4 is 5.32 Å². The Labute approximate surface area is 94.8 Å². The van der Waals surface area contributed by atoms with Gasteiger partial charge in [-0.2, -0.15) is 13.2 Å². The van der Waals surface area contributed by atoms with Crippen LogP contribution in [0.15, 0.2) is 0 Å². The highest BCUT2D eigenvalue weighted by atomic mass is 19.4. The first-order valence-corrected chi connectivity index (χ1v) is 5.77. The highest BCUT2D eigenvalue weighted by molar-refractivity contribution is 5.05. The van der Waals surface area contributed by atoms with Crippen LogP contribution in [0.5, 0.6) is 0 Å². The summed E-state index contributed by atoms with van der Waals surface area (Å²) >= 11 is 0. The van der Waals surface area contributed by atoms with Gasteiger partial charge >= 0.3 is 6.18 Å². The van der Waals surface area contributed by atoms with Crippen molar-refractivity contribution in [2.24, 2.45) is 11.8 Å². The first kappa shape index (κ1) is 13.4. The highest BCUT2D eigenvalue weighted by Crippen LogP contribution is 2.42. The lowest BCUT2D eigenvalue weighted by molar-refractivity contribution is -0.197. The van der Waals surface area contributed by atoms with Crippen molar-refractivity contribution in [1.82, 2.24) is 5.32 Å². The molecule has 1 N–H and O–H groups in total. The zero-order chi connectivity index (χ0) is 12.2. The van der Waals surface area contributed by atoms with Gasteiger partial charge in [0.25, 0.3) is 0 Å². The minimum absolute atomic E-state index is 0.220. The Morgan fingerprint density at radius 1 is 1.38 bits per heavy atom. The molecule has 0 aromatic heterocycles. The van der Waals surface area contributed by atoms with Crippen molar-refractivity contribution in [3.8, 4) is 12.3 Å². The topological polar surface area (TPSA) is 12.0 Å². The van der Waals surface area contributed by atoms with Crippen LogP contribution in [0.2, 0.25) is 0 Å². The maximum atomic E-state index is 12.8. The largest absolute Gasteiger partial charge is 0.392 e. The van der Waals surface area contributed by atoms with Crippen LogP contribution in [-0.4, -0.2) is 18.8 Å². The Morgan fingerprint density at radius 2 is 2.00 bits per heavy atom. The van der Waals surface area contributed by atoms with Gasteiger partial charge in [-0.05, 0) is 25.3 Å². The van der Waals surface area contributed by atoms with Gasteiger partial charge in [-0.1, -0.05) is 25.7 Å². The van der Waals surface area contributed by atoms with E-state index in [4.69, 9.17) is 6.42 Å². The van der Waals surface area contributed by atoms with E-state index in [1.165, 1.54) is 0 Å². The van der Waals surface area contributed by atoms with E-state index in [1.807, 2.05) is 6.92 Å². The van der Waals surface area contributed by atoms with Crippen molar-refractivity contribution in [2.75, 3.05) is 6.54 Å². The summed E-state index contributed by atoms with van der Waals surface area (Å²) in [7, 11) is 0. The number of hydrogen-bond donors (Lipinski definition) is 1. The van der Waals surface area contributed by atoms with Gasteiger partial charge in [0.05, 0.1) is 12.0 Å². The van der Waals surface area contributed by atoms with Gasteiger partial charge in [0, 0.05) is 0 Å². The molecule has 0 spiro atoms. The van der Waals surface area contributed by atoms with Crippen LogP contribution in [0.1, 0.15) is 32.6 Å². The third-order valence-electron chi connectivity index (χ3n) is 3.27. The van der Waals surface area contributed by atoms with Gasteiger partial charge in [-0.25, -0.2) is 0 Å². The van der Waals surface area contributed by atoms with E-state index in [9.17, 15) is 13.2 Å². The van der Waals surface area contributed by atoms with Crippen molar-refractivity contribution < 1.29 is 13.2 Å². The molecule has 1 nitrogen and oxygen atoms in total. The van der Waals surface area contributed by atoms with E-state index in [2.05, 4.69) is 11.2 Å². The summed E-state index contributed by atoms with van der Waals surface area (Å²) in [5.41, 5.74) is 0. The van der Waals surface area contributed by atoms with Crippen LogP contribution >= 0.6 is 0 Å². The van der Waals surface area contributed by atoms with Crippen molar-refractivity contribution in [1.29, 1.82) is 0 Å². The molecule has 0 aromatic rings. The molecule has 1 aliphatic rings. The zero-order valence-corrected chi connectivity index (χ0v) is 9.48. The minimum Gasteiger partial charge on any atom is -0.304 e. The van der Waals surface area contributed by atoms with E-state index in [1.54, 1.807) is 0 Å². The van der Waals surface area contributed by atoms with E-state index in [-0.39, 0.29) is 6.42 Å². The van der Waals surface area contributed by atoms with Gasteiger partial charge in [0.15, 0.2) is 0 Å². The van der Waals surface area contributed by atoms with Crippen molar-refractivity contribution in [3.63, 3.8) is 0 Å². The summed E-state index contributed by atoms with van der Waals surface area (Å²) < 4.78 is 38.5. The molecule has 3 unspecified atom stereocenters. The molecule has 0 radical (unpaired) electrons. The molecule has 0 bridgehead atoms. The normalized spacial score (nSPS) is 28.4. The fourth-order valence-corrected chi connectivity index (χ4v) is 2.52. The van der Waals surface area contributed by atoms with Crippen LogP contribution in [-0.2, 0) is 0 Å². The summed E-state index contributed by atoms with van der Waals surface area (Å²) in [6.45, 7) is 2.46. The third kappa shape index (κ3) is 3.15. The minimum atomic E-state index is -4.12. The number of rotatable bonds is 3. The van der Waals surface area contributed by atoms with E-state index >= 15 is 0 Å². The lowest BCUT2D eigenvalue weighted by atomic mass is 9.75. The number of halogens is 3. The summed E-state index contributed by atoms with van der Waals surface area (Å²) in [5.74, 6) is 0.769. The number of alkyl halides is 3. The molecule has 0 aliphatic heterocycles. The van der Waals surface area contributed by atoms with Crippen molar-refractivity contribution >= 4 is 0 Å². The second kappa shape index (κ2) is 5.58. The lowest BCUT2D eigenvalue weighted by Crippen LogP contribution is -2.44. The first-order chi connectivity index (χ1) is 7.50. The fourth-order valence-electron chi connectivity index (χ4n) is 2.52. The highest BCUT2D eigenvalue weighted by Gasteiger charge is 2.47. The van der Waals surface area contributed by atoms with Crippen LogP contribution in [0.25, 0.3) is 0 Å². The molecule has 3 atom stereocenters. The number of nitrogens with one attached hydrogen (secondary N) is 1. The molecule has 1 rings (SSSR count). The Kier molecular flexibility index (Phi) is 4.67. The van der Waals surface area contributed by atoms with Crippen LogP contribution in [0.3, 0.4) is 0 Å². The second-order valence-corrected chi connectivity index (χ2v) is 4.30. The predicted molar refractivity (Wildman–Crippen MR) is 57.8 cm³/mol. The summed E-state index contributed by atoms with van der Waals surface area (Å²) in [5, 5.41) is 2.97. The molecule has 92 valence electrons. The maximum Gasteiger partial charge on any atom is 0.392 e. The molecule has 4 heteroatoms. The Hall–Kier alpha value is -0.690. The summed E-state index contributed by atoms with van der Waals surface area (Å²) in [6, 6.07) is -0.447. The zero-order valence-electron chi connectivity index (χ0n) is 9.48. The Morgan fingerprint density at radius 3 is 2.50 bits per heavy atom. The molecule has 1 saturated carbocycles. The molecule has 0 amide bonds. The number of hydrogen-bond acceptors (Lipinski definition) is 1. The van der Waals surface area contributed by atoms with Crippen LogP contribution in [0, 0.1) is 24.2 Å². The molecule has 0 heterocycles. The molecular formula is C12H18F3N. The monoisotopic (exact) mass is 233 g/mol. The van der Waals surface area contributed by atoms with Gasteiger partial charge < -0.3 is 5.32 Å².